The molecule has 0 radical (unpaired) electrons. The topological polar surface area (TPSA) is 316 Å². The summed E-state index contributed by atoms with van der Waals surface area (Å²) in [5.41, 5.74) is 6.69. The maximum absolute atomic E-state index is 14.1. The van der Waals surface area contributed by atoms with Crippen LogP contribution in [0.2, 0.25) is 5.02 Å². The fourth-order valence-electron chi connectivity index (χ4n) is 12.3. The molecule has 23 nitrogen and oxygen atoms in total. The van der Waals surface area contributed by atoms with Crippen LogP contribution in [-0.2, 0) is 69.2 Å². The Kier molecular flexibility index (Phi) is 21.8. The number of carbonyl (C=O) groups excluding carboxylic acids is 1. The van der Waals surface area contributed by atoms with E-state index < -0.39 is 55.5 Å². The van der Waals surface area contributed by atoms with E-state index >= 15 is 0 Å². The molecule has 0 aliphatic heterocycles. The summed E-state index contributed by atoms with van der Waals surface area (Å²) in [6, 6.07) is 64.6. The fourth-order valence-corrected chi connectivity index (χ4v) is 19.4. The molecule has 9 aromatic carbocycles. The number of aryl methyl sites for hydroxylation is 4. The number of benzene rings is 9. The Morgan fingerprint density at radius 2 is 0.688 bits per heavy atom. The molecule has 1 amide bonds. The van der Waals surface area contributed by atoms with Gasteiger partial charge in [-0.25, -0.2) is 72.0 Å². The number of para-hydroxylation sites is 6. The number of rotatable bonds is 22. The molecule has 0 saturated carbocycles. The Morgan fingerprint density at radius 3 is 1.06 bits per heavy atom. The Hall–Kier alpha value is -11.5. The standard InChI is InChI=1S/C27H23ClN4O3S.C27H26N4O4S2.C26H22N4O4S2/c1-2-3-17-32-25-23(29-21-15-9-10-16-22(21)30-25)24(36(34,35)18-11-5-4-6-12-18)26(32)31-27(33)19-13-7-8-14-20(19)28;1-3-4-18-31-26-24(28-22-12-8-9-13-23(22)29-26)25(36(32,33)20-16-14-19(2)15-17-20)27(31)30-37(34,35)21-10-6-5-7-11-21;1-3-17-30-25-23(27-21-11-7-8-12-22(21)28-25)24(35(31,32)19-15-13-18(2)14-16-19)26(30)29-36(33,34)20-9-5-4-6-10-20/h4-16H,2-3,17H2,1H3,(H,31,33);5-17,30H,3-4,18H2,1-2H3;3-16,29H,1,17H2,2H3. The first-order chi connectivity index (χ1) is 52.4. The number of aromatic nitrogens is 9. The van der Waals surface area contributed by atoms with E-state index in [0.717, 1.165) is 30.4 Å². The minimum absolute atomic E-state index is 0.00910. The normalized spacial score (nSPS) is 12.0. The number of fused-ring (bicyclic) bond motifs is 6. The second kappa shape index (κ2) is 31.4. The van der Waals surface area contributed by atoms with E-state index in [9.17, 15) is 46.9 Å². The van der Waals surface area contributed by atoms with E-state index in [1.165, 1.54) is 65.2 Å². The predicted octanol–water partition coefficient (Wildman–Crippen LogP) is 16.2. The maximum Gasteiger partial charge on any atom is 0.263 e. The minimum atomic E-state index is -4.22. The maximum atomic E-state index is 14.1. The van der Waals surface area contributed by atoms with E-state index in [4.69, 9.17) is 26.6 Å². The van der Waals surface area contributed by atoms with Gasteiger partial charge in [0.25, 0.3) is 26.0 Å². The highest BCUT2D eigenvalue weighted by Gasteiger charge is 2.37. The predicted molar refractivity (Wildman–Crippen MR) is 424 cm³/mol. The molecule has 0 unspecified atom stereocenters. The second-order valence-corrected chi connectivity index (χ2v) is 34.7. The first kappa shape index (κ1) is 75.7. The second-order valence-electron chi connectivity index (χ2n) is 25.3. The van der Waals surface area contributed by atoms with Crippen LogP contribution in [0.4, 0.5) is 17.5 Å². The number of nitrogens with zero attached hydrogens (tertiary/aromatic N) is 9. The molecule has 0 spiro atoms. The van der Waals surface area contributed by atoms with Crippen molar-refractivity contribution in [1.82, 2.24) is 43.6 Å². The highest BCUT2D eigenvalue weighted by atomic mass is 35.5. The summed E-state index contributed by atoms with van der Waals surface area (Å²) in [4.78, 5) is 41.1. The third-order valence-electron chi connectivity index (χ3n) is 17.7. The highest BCUT2D eigenvalue weighted by Crippen LogP contribution is 2.42. The molecule has 0 aliphatic rings. The molecule has 15 aromatic rings. The number of hydrogen-bond donors (Lipinski definition) is 3. The Morgan fingerprint density at radius 1 is 0.385 bits per heavy atom. The van der Waals surface area contributed by atoms with Crippen molar-refractivity contribution in [2.45, 2.75) is 112 Å². The molecule has 0 saturated heterocycles. The van der Waals surface area contributed by atoms with E-state index in [1.807, 2.05) is 52.0 Å². The molecule has 0 aliphatic carbocycles. The van der Waals surface area contributed by atoms with Crippen molar-refractivity contribution in [3.63, 3.8) is 0 Å². The quantitative estimate of drug-likeness (QED) is 0.0531. The lowest BCUT2D eigenvalue weighted by Crippen LogP contribution is -2.18. The number of sulfone groups is 3. The number of unbranched alkanes of at least 4 members (excludes halogenated alkanes) is 2. The molecule has 0 bridgehead atoms. The van der Waals surface area contributed by atoms with Gasteiger partial charge in [-0.15, -0.1) is 6.58 Å². The fraction of sp³-hybridized carbons (Fsp3) is 0.138. The Balaban J connectivity index is 0.000000144. The summed E-state index contributed by atoms with van der Waals surface area (Å²) in [5.74, 6) is -0.606. The Labute approximate surface area is 634 Å². The molecule has 0 fully saturated rings. The van der Waals surface area contributed by atoms with Crippen LogP contribution < -0.4 is 14.8 Å². The number of halogens is 1. The lowest BCUT2D eigenvalue weighted by molar-refractivity contribution is 0.102. The molecule has 109 heavy (non-hydrogen) atoms. The summed E-state index contributed by atoms with van der Waals surface area (Å²) in [5, 5.41) is 3.11. The monoisotopic (exact) mass is 1570 g/mol. The molecule has 554 valence electrons. The van der Waals surface area contributed by atoms with Crippen LogP contribution in [0.3, 0.4) is 0 Å². The molecule has 15 rings (SSSR count). The lowest BCUT2D eigenvalue weighted by atomic mass is 10.2. The average Bonchev–Trinajstić information content (AvgIpc) is 1.59. The van der Waals surface area contributed by atoms with Crippen molar-refractivity contribution < 1.29 is 46.9 Å². The number of anilines is 3. The van der Waals surface area contributed by atoms with Crippen molar-refractivity contribution in [3.8, 4) is 0 Å². The van der Waals surface area contributed by atoms with Gasteiger partial charge in [0, 0.05) is 19.6 Å². The lowest BCUT2D eigenvalue weighted by Gasteiger charge is -2.14. The van der Waals surface area contributed by atoms with E-state index in [2.05, 4.69) is 36.3 Å². The van der Waals surface area contributed by atoms with Gasteiger partial charge in [-0.3, -0.25) is 14.2 Å². The number of amides is 1. The highest BCUT2D eigenvalue weighted by molar-refractivity contribution is 7.94. The summed E-state index contributed by atoms with van der Waals surface area (Å²) < 4.78 is 148. The number of carbonyl (C=O) groups is 1. The summed E-state index contributed by atoms with van der Waals surface area (Å²) >= 11 is 6.27. The molecule has 6 aromatic heterocycles. The van der Waals surface area contributed by atoms with Crippen molar-refractivity contribution in [3.05, 3.63) is 271 Å². The van der Waals surface area contributed by atoms with E-state index in [1.54, 1.807) is 167 Å². The number of sulfonamides is 2. The molecule has 29 heteroatoms. The average molecular weight is 1570 g/mol. The summed E-state index contributed by atoms with van der Waals surface area (Å²) in [7, 11) is -20.8. The van der Waals surface area contributed by atoms with Crippen molar-refractivity contribution in [2.75, 3.05) is 14.8 Å². The van der Waals surface area contributed by atoms with Crippen molar-refractivity contribution in [1.29, 1.82) is 0 Å². The largest absolute Gasteiger partial charge is 0.309 e. The molecule has 6 heterocycles. The SMILES string of the molecule is C=CCn1c(NS(=O)(=O)c2ccccc2)c(S(=O)(=O)c2ccc(C)cc2)c2nc3ccccc3nc21.CCCCn1c(NC(=O)c2ccccc2Cl)c(S(=O)(=O)c2ccccc2)c2nc3ccccc3nc21.CCCCn1c(NS(=O)(=O)c2ccccc2)c(S(=O)(=O)c2ccc(C)cc2)c2nc3ccccc3nc21. The van der Waals surface area contributed by atoms with Gasteiger partial charge in [-0.2, -0.15) is 0 Å². The number of allylic oxidation sites excluding steroid dienone is 1. The van der Waals surface area contributed by atoms with Crippen molar-refractivity contribution >= 4 is 151 Å². The van der Waals surface area contributed by atoms with Gasteiger partial charge < -0.3 is 19.0 Å². The zero-order valence-electron chi connectivity index (χ0n) is 59.2. The smallest absolute Gasteiger partial charge is 0.263 e. The van der Waals surface area contributed by atoms with Gasteiger partial charge in [-0.1, -0.05) is 183 Å². The van der Waals surface area contributed by atoms with Gasteiger partial charge in [-0.05, 0) is 136 Å². The van der Waals surface area contributed by atoms with Gasteiger partial charge in [0.15, 0.2) is 16.9 Å². The van der Waals surface area contributed by atoms with E-state index in [-0.39, 0.29) is 95.9 Å². The molecular weight excluding hydrogens is 1500 g/mol. The van der Waals surface area contributed by atoms with E-state index in [0.29, 0.717) is 63.9 Å². The van der Waals surface area contributed by atoms with Crippen LogP contribution in [0.25, 0.3) is 66.6 Å². The van der Waals surface area contributed by atoms with Gasteiger partial charge >= 0.3 is 0 Å². The zero-order chi connectivity index (χ0) is 77.0. The number of nitrogens with one attached hydrogen (secondary N) is 3. The van der Waals surface area contributed by atoms with Crippen LogP contribution in [0.5, 0.6) is 0 Å². The molecule has 0 atom stereocenters. The van der Waals surface area contributed by atoms with Crippen molar-refractivity contribution in [2.24, 2.45) is 0 Å². The van der Waals surface area contributed by atoms with Gasteiger partial charge in [0.05, 0.1) is 68.2 Å². The summed E-state index contributed by atoms with van der Waals surface area (Å²) in [6.07, 6.45) is 4.64. The summed E-state index contributed by atoms with van der Waals surface area (Å²) in [6.45, 7) is 12.4. The minimum Gasteiger partial charge on any atom is -0.309 e. The first-order valence-corrected chi connectivity index (χ1v) is 42.3. The zero-order valence-corrected chi connectivity index (χ0v) is 64.0. The van der Waals surface area contributed by atoms with Gasteiger partial charge in [0.2, 0.25) is 29.5 Å². The third kappa shape index (κ3) is 15.3. The third-order valence-corrected chi connectivity index (χ3v) is 26.2. The first-order valence-electron chi connectivity index (χ1n) is 34.5. The van der Waals surface area contributed by atoms with Crippen LogP contribution >= 0.6 is 11.6 Å². The molecular formula is C80H71ClN12O11S5. The van der Waals surface area contributed by atoms with Crippen LogP contribution in [-0.4, -0.2) is 91.6 Å². The van der Waals surface area contributed by atoms with Crippen LogP contribution in [0, 0.1) is 13.8 Å². The van der Waals surface area contributed by atoms with Gasteiger partial charge in [0.1, 0.15) is 48.7 Å². The van der Waals surface area contributed by atoms with Crippen LogP contribution in [0.15, 0.2) is 288 Å². The Bertz CT molecular complexity index is 6610. The molecule has 3 N–H and O–H groups in total. The van der Waals surface area contributed by atoms with Crippen LogP contribution in [0.1, 0.15) is 61.0 Å². The number of hydrogen-bond acceptors (Lipinski definition) is 17.